The Labute approximate surface area is 187 Å². The molecule has 0 spiro atoms. The maximum Gasteiger partial charge on any atom is 0.0368 e. The zero-order valence-electron chi connectivity index (χ0n) is 17.7. The zero-order valence-corrected chi connectivity index (χ0v) is 18.5. The summed E-state index contributed by atoms with van der Waals surface area (Å²) in [5, 5.41) is 0. The van der Waals surface area contributed by atoms with Gasteiger partial charge < -0.3 is 9.80 Å². The average Bonchev–Trinajstić information content (AvgIpc) is 2.81. The van der Waals surface area contributed by atoms with Gasteiger partial charge in [0, 0.05) is 37.9 Å². The van der Waals surface area contributed by atoms with Gasteiger partial charge in [-0.05, 0) is 48.9 Å². The lowest BCUT2D eigenvalue weighted by molar-refractivity contribution is 0.211. The van der Waals surface area contributed by atoms with Crippen molar-refractivity contribution in [1.82, 2.24) is 4.90 Å². The number of piperidine rings is 1. The van der Waals surface area contributed by atoms with E-state index in [2.05, 4.69) is 101 Å². The molecule has 3 aromatic carbocycles. The van der Waals surface area contributed by atoms with Gasteiger partial charge in [-0.3, -0.25) is 0 Å². The maximum absolute atomic E-state index is 2.65. The summed E-state index contributed by atoms with van der Waals surface area (Å²) in [5.74, 6) is 0. The lowest BCUT2D eigenvalue weighted by Crippen LogP contribution is -2.46. The Kier molecular flexibility index (Phi) is 8.80. The smallest absolute Gasteiger partial charge is 0.0368 e. The predicted octanol–water partition coefficient (Wildman–Crippen LogP) is 5.86. The Morgan fingerprint density at radius 1 is 0.667 bits per heavy atom. The van der Waals surface area contributed by atoms with E-state index in [9.17, 15) is 0 Å². The zero-order chi connectivity index (χ0) is 19.7. The van der Waals surface area contributed by atoms with Crippen molar-refractivity contribution in [1.29, 1.82) is 0 Å². The molecule has 1 fully saturated rings. The molecule has 0 atom stereocenters. The van der Waals surface area contributed by atoms with E-state index >= 15 is 0 Å². The van der Waals surface area contributed by atoms with Gasteiger partial charge in [-0.25, -0.2) is 0 Å². The van der Waals surface area contributed by atoms with Gasteiger partial charge in [0.2, 0.25) is 0 Å². The van der Waals surface area contributed by atoms with Crippen molar-refractivity contribution in [3.63, 3.8) is 0 Å². The molecular weight excluding hydrogens is 388 g/mol. The SMILES string of the molecule is Cl.c1ccc(CCN2CCC(N(CCc3ccccc3)c3ccccc3)CC2)cc1. The maximum atomic E-state index is 2.65. The number of rotatable bonds is 8. The molecule has 0 N–H and O–H groups in total. The number of hydrogen-bond acceptors (Lipinski definition) is 2. The van der Waals surface area contributed by atoms with Crippen LogP contribution in [0.1, 0.15) is 24.0 Å². The van der Waals surface area contributed by atoms with Gasteiger partial charge in [0.05, 0.1) is 0 Å². The van der Waals surface area contributed by atoms with Crippen LogP contribution in [-0.2, 0) is 12.8 Å². The van der Waals surface area contributed by atoms with E-state index < -0.39 is 0 Å². The predicted molar refractivity (Wildman–Crippen MR) is 131 cm³/mol. The Hall–Kier alpha value is -2.29. The van der Waals surface area contributed by atoms with Crippen molar-refractivity contribution in [2.24, 2.45) is 0 Å². The van der Waals surface area contributed by atoms with E-state index in [-0.39, 0.29) is 12.4 Å². The van der Waals surface area contributed by atoms with E-state index in [0.29, 0.717) is 6.04 Å². The van der Waals surface area contributed by atoms with Crippen molar-refractivity contribution in [3.05, 3.63) is 102 Å². The van der Waals surface area contributed by atoms with Crippen molar-refractivity contribution in [2.45, 2.75) is 31.7 Å². The molecule has 1 saturated heterocycles. The first-order valence-electron chi connectivity index (χ1n) is 11.0. The highest BCUT2D eigenvalue weighted by molar-refractivity contribution is 5.85. The number of para-hydroxylation sites is 1. The molecule has 158 valence electrons. The van der Waals surface area contributed by atoms with E-state index in [0.717, 1.165) is 19.4 Å². The van der Waals surface area contributed by atoms with Crippen LogP contribution in [0.2, 0.25) is 0 Å². The fraction of sp³-hybridized carbons (Fsp3) is 0.333. The van der Waals surface area contributed by atoms with Crippen LogP contribution in [0.25, 0.3) is 0 Å². The molecule has 2 nitrogen and oxygen atoms in total. The summed E-state index contributed by atoms with van der Waals surface area (Å²) in [6, 6.07) is 33.4. The largest absolute Gasteiger partial charge is 0.368 e. The minimum atomic E-state index is 0. The van der Waals surface area contributed by atoms with Crippen LogP contribution < -0.4 is 4.90 Å². The molecule has 0 unspecified atom stereocenters. The number of benzene rings is 3. The number of likely N-dealkylation sites (tertiary alicyclic amines) is 1. The van der Waals surface area contributed by atoms with Gasteiger partial charge in [-0.1, -0.05) is 78.9 Å². The van der Waals surface area contributed by atoms with Gasteiger partial charge in [0.15, 0.2) is 0 Å². The van der Waals surface area contributed by atoms with E-state index in [4.69, 9.17) is 0 Å². The molecule has 1 heterocycles. The third-order valence-electron chi connectivity index (χ3n) is 6.13. The molecule has 0 radical (unpaired) electrons. The third kappa shape index (κ3) is 6.35. The molecule has 1 aliphatic rings. The van der Waals surface area contributed by atoms with E-state index in [1.165, 1.54) is 49.3 Å². The summed E-state index contributed by atoms with van der Waals surface area (Å²) in [6.07, 6.45) is 4.75. The number of nitrogens with zero attached hydrogens (tertiary/aromatic N) is 2. The first-order chi connectivity index (χ1) is 14.4. The normalized spacial score (nSPS) is 14.8. The molecule has 3 heteroatoms. The van der Waals surface area contributed by atoms with Crippen LogP contribution in [0.3, 0.4) is 0 Å². The molecule has 0 aliphatic carbocycles. The van der Waals surface area contributed by atoms with Gasteiger partial charge >= 0.3 is 0 Å². The average molecular weight is 421 g/mol. The molecule has 0 aromatic heterocycles. The van der Waals surface area contributed by atoms with Crippen LogP contribution in [0, 0.1) is 0 Å². The van der Waals surface area contributed by atoms with Crippen LogP contribution >= 0.6 is 12.4 Å². The van der Waals surface area contributed by atoms with Gasteiger partial charge in [-0.15, -0.1) is 12.4 Å². The monoisotopic (exact) mass is 420 g/mol. The summed E-state index contributed by atoms with van der Waals surface area (Å²) in [4.78, 5) is 5.30. The molecule has 3 aromatic rings. The van der Waals surface area contributed by atoms with Crippen LogP contribution in [-0.4, -0.2) is 37.1 Å². The summed E-state index contributed by atoms with van der Waals surface area (Å²) in [7, 11) is 0. The molecule has 1 aliphatic heterocycles. The molecule has 30 heavy (non-hydrogen) atoms. The summed E-state index contributed by atoms with van der Waals surface area (Å²) in [5.41, 5.74) is 4.24. The first kappa shape index (κ1) is 22.4. The number of halogens is 1. The molecule has 4 rings (SSSR count). The Morgan fingerprint density at radius 2 is 1.17 bits per heavy atom. The van der Waals surface area contributed by atoms with E-state index in [1.54, 1.807) is 0 Å². The first-order valence-corrected chi connectivity index (χ1v) is 11.0. The fourth-order valence-electron chi connectivity index (χ4n) is 4.42. The summed E-state index contributed by atoms with van der Waals surface area (Å²) < 4.78 is 0. The highest BCUT2D eigenvalue weighted by Gasteiger charge is 2.24. The van der Waals surface area contributed by atoms with E-state index in [1.807, 2.05) is 0 Å². The summed E-state index contributed by atoms with van der Waals surface area (Å²) >= 11 is 0. The molecule has 0 bridgehead atoms. The fourth-order valence-corrected chi connectivity index (χ4v) is 4.42. The molecular formula is C27H33ClN2. The van der Waals surface area contributed by atoms with Crippen molar-refractivity contribution < 1.29 is 0 Å². The molecule has 0 saturated carbocycles. The lowest BCUT2D eigenvalue weighted by atomic mass is 10.0. The van der Waals surface area contributed by atoms with Crippen molar-refractivity contribution >= 4 is 18.1 Å². The topological polar surface area (TPSA) is 6.48 Å². The van der Waals surface area contributed by atoms with Gasteiger partial charge in [0.1, 0.15) is 0 Å². The number of anilines is 1. The highest BCUT2D eigenvalue weighted by atomic mass is 35.5. The second-order valence-electron chi connectivity index (χ2n) is 8.07. The van der Waals surface area contributed by atoms with Gasteiger partial charge in [0.25, 0.3) is 0 Å². The van der Waals surface area contributed by atoms with Crippen LogP contribution in [0.4, 0.5) is 5.69 Å². The quantitative estimate of drug-likeness (QED) is 0.450. The summed E-state index contributed by atoms with van der Waals surface area (Å²) in [6.45, 7) is 4.66. The lowest BCUT2D eigenvalue weighted by Gasteiger charge is -2.40. The van der Waals surface area contributed by atoms with Crippen molar-refractivity contribution in [3.8, 4) is 0 Å². The third-order valence-corrected chi connectivity index (χ3v) is 6.13. The van der Waals surface area contributed by atoms with Crippen molar-refractivity contribution in [2.75, 3.05) is 31.1 Å². The Bertz CT molecular complexity index is 831. The molecule has 0 amide bonds. The Morgan fingerprint density at radius 3 is 1.73 bits per heavy atom. The second kappa shape index (κ2) is 11.8. The highest BCUT2D eigenvalue weighted by Crippen LogP contribution is 2.24. The standard InChI is InChI=1S/C27H32N2.ClH/c1-4-10-24(11-5-1)16-20-28-21-18-27(19-22-28)29(26-14-8-3-9-15-26)23-17-25-12-6-2-7-13-25;/h1-15,27H,16-23H2;1H. The Balaban J connectivity index is 0.00000256. The minimum absolute atomic E-state index is 0. The van der Waals surface area contributed by atoms with Crippen LogP contribution in [0.5, 0.6) is 0 Å². The van der Waals surface area contributed by atoms with Gasteiger partial charge in [-0.2, -0.15) is 0 Å². The second-order valence-corrected chi connectivity index (χ2v) is 8.07. The number of hydrogen-bond donors (Lipinski definition) is 0. The van der Waals surface area contributed by atoms with Crippen LogP contribution in [0.15, 0.2) is 91.0 Å². The minimum Gasteiger partial charge on any atom is -0.368 e.